The second-order valence-corrected chi connectivity index (χ2v) is 7.04. The first kappa shape index (κ1) is 16.9. The highest BCUT2D eigenvalue weighted by atomic mass is 32.1. The van der Waals surface area contributed by atoms with Crippen molar-refractivity contribution in [3.8, 4) is 11.1 Å². The van der Waals surface area contributed by atoms with Crippen molar-refractivity contribution < 1.29 is 5.11 Å². The van der Waals surface area contributed by atoms with Crippen LogP contribution in [0.3, 0.4) is 0 Å². The number of hydrogen-bond acceptors (Lipinski definition) is 5. The Kier molecular flexibility index (Phi) is 4.83. The van der Waals surface area contributed by atoms with Crippen LogP contribution in [0.1, 0.15) is 30.3 Å². The fourth-order valence-corrected chi connectivity index (χ4v) is 3.74. The number of hydrogen-bond donors (Lipinski definition) is 2. The maximum Gasteiger partial charge on any atom is 0.139 e. The maximum absolute atomic E-state index is 9.53. The second kappa shape index (κ2) is 6.87. The Labute approximate surface area is 146 Å². The average molecular weight is 341 g/mol. The number of rotatable bonds is 5. The number of benzene rings is 1. The number of nitrogens with one attached hydrogen (secondary N) is 1. The molecular weight excluding hydrogens is 318 g/mol. The first-order chi connectivity index (χ1) is 11.5. The minimum Gasteiger partial charge on any atom is -0.394 e. The van der Waals surface area contributed by atoms with Gasteiger partial charge in [-0.3, -0.25) is 0 Å². The molecule has 2 heterocycles. The molecule has 0 fully saturated rings. The predicted molar refractivity (Wildman–Crippen MR) is 102 cm³/mol. The van der Waals surface area contributed by atoms with Crippen molar-refractivity contribution in [2.45, 2.75) is 40.2 Å². The van der Waals surface area contributed by atoms with Crippen molar-refractivity contribution in [3.05, 3.63) is 40.5 Å². The Morgan fingerprint density at radius 1 is 1.17 bits per heavy atom. The van der Waals surface area contributed by atoms with Crippen LogP contribution in [-0.2, 0) is 0 Å². The summed E-state index contributed by atoms with van der Waals surface area (Å²) in [7, 11) is 0. The molecule has 24 heavy (non-hydrogen) atoms. The summed E-state index contributed by atoms with van der Waals surface area (Å²) in [4.78, 5) is 10.2. The van der Waals surface area contributed by atoms with Crippen LogP contribution in [0.5, 0.6) is 0 Å². The lowest BCUT2D eigenvalue weighted by molar-refractivity contribution is 0.271. The van der Waals surface area contributed by atoms with Gasteiger partial charge in [-0.1, -0.05) is 25.1 Å². The number of nitrogens with zero attached hydrogens (tertiary/aromatic N) is 2. The number of aliphatic hydroxyl groups excluding tert-OH is 1. The molecule has 1 unspecified atom stereocenters. The number of fused-ring (bicyclic) bond motifs is 1. The fourth-order valence-electron chi connectivity index (χ4n) is 2.74. The van der Waals surface area contributed by atoms with Crippen molar-refractivity contribution in [2.24, 2.45) is 0 Å². The van der Waals surface area contributed by atoms with Gasteiger partial charge in [0, 0.05) is 10.9 Å². The van der Waals surface area contributed by atoms with E-state index >= 15 is 0 Å². The Morgan fingerprint density at radius 2 is 1.96 bits per heavy atom. The van der Waals surface area contributed by atoms with Gasteiger partial charge < -0.3 is 10.4 Å². The molecule has 3 rings (SSSR count). The van der Waals surface area contributed by atoms with Crippen molar-refractivity contribution >= 4 is 27.4 Å². The van der Waals surface area contributed by atoms with Gasteiger partial charge in [0.2, 0.25) is 0 Å². The van der Waals surface area contributed by atoms with Gasteiger partial charge in [-0.05, 0) is 43.9 Å². The third kappa shape index (κ3) is 3.14. The molecule has 0 radical (unpaired) electrons. The molecule has 0 bridgehead atoms. The van der Waals surface area contributed by atoms with E-state index in [4.69, 9.17) is 0 Å². The lowest BCUT2D eigenvalue weighted by atomic mass is 10.0. The number of aliphatic hydroxyl groups is 1. The third-order valence-electron chi connectivity index (χ3n) is 4.42. The number of aromatic nitrogens is 2. The number of anilines is 1. The first-order valence-corrected chi connectivity index (χ1v) is 9.12. The molecule has 4 nitrogen and oxygen atoms in total. The minimum absolute atomic E-state index is 0.00463. The van der Waals surface area contributed by atoms with Crippen LogP contribution < -0.4 is 5.32 Å². The number of aryl methyl sites for hydroxylation is 3. The summed E-state index contributed by atoms with van der Waals surface area (Å²) in [6.07, 6.45) is 0.837. The van der Waals surface area contributed by atoms with Gasteiger partial charge in [0.25, 0.3) is 0 Å². The SMILES string of the molecule is CCC(CO)Nc1nc(C)nc2scc(-c3ccc(C)c(C)c3)c12. The Balaban J connectivity index is 2.17. The van der Waals surface area contributed by atoms with E-state index < -0.39 is 0 Å². The quantitative estimate of drug-likeness (QED) is 0.719. The molecule has 0 saturated heterocycles. The summed E-state index contributed by atoms with van der Waals surface area (Å²) in [5, 5.41) is 16.1. The van der Waals surface area contributed by atoms with E-state index in [2.05, 4.69) is 59.6 Å². The zero-order chi connectivity index (χ0) is 17.3. The predicted octanol–water partition coefficient (Wildman–Crippen LogP) is 4.47. The van der Waals surface area contributed by atoms with E-state index in [-0.39, 0.29) is 12.6 Å². The fraction of sp³-hybridized carbons (Fsp3) is 0.368. The summed E-state index contributed by atoms with van der Waals surface area (Å²) in [5.74, 6) is 1.55. The largest absolute Gasteiger partial charge is 0.394 e. The smallest absolute Gasteiger partial charge is 0.139 e. The van der Waals surface area contributed by atoms with E-state index in [9.17, 15) is 5.11 Å². The van der Waals surface area contributed by atoms with Crippen LogP contribution in [0.25, 0.3) is 21.3 Å². The Morgan fingerprint density at radius 3 is 2.62 bits per heavy atom. The van der Waals surface area contributed by atoms with E-state index in [0.717, 1.165) is 33.8 Å². The highest BCUT2D eigenvalue weighted by molar-refractivity contribution is 7.17. The van der Waals surface area contributed by atoms with Gasteiger partial charge in [0.05, 0.1) is 18.0 Å². The van der Waals surface area contributed by atoms with Gasteiger partial charge in [-0.15, -0.1) is 11.3 Å². The van der Waals surface area contributed by atoms with Crippen LogP contribution in [-0.4, -0.2) is 27.7 Å². The van der Waals surface area contributed by atoms with Crippen molar-refractivity contribution in [3.63, 3.8) is 0 Å². The van der Waals surface area contributed by atoms with Crippen LogP contribution in [0.2, 0.25) is 0 Å². The summed E-state index contributed by atoms with van der Waals surface area (Å²) < 4.78 is 0. The zero-order valence-corrected chi connectivity index (χ0v) is 15.4. The van der Waals surface area contributed by atoms with Crippen molar-refractivity contribution in [1.29, 1.82) is 0 Å². The van der Waals surface area contributed by atoms with Gasteiger partial charge >= 0.3 is 0 Å². The molecule has 0 aliphatic carbocycles. The summed E-state index contributed by atoms with van der Waals surface area (Å²) in [6.45, 7) is 8.30. The maximum atomic E-state index is 9.53. The molecule has 2 aromatic heterocycles. The summed E-state index contributed by atoms with van der Waals surface area (Å²) >= 11 is 1.64. The first-order valence-electron chi connectivity index (χ1n) is 8.24. The number of thiophene rings is 1. The Bertz CT molecular complexity index is 868. The second-order valence-electron chi connectivity index (χ2n) is 6.18. The van der Waals surface area contributed by atoms with E-state index in [0.29, 0.717) is 0 Å². The van der Waals surface area contributed by atoms with Gasteiger partial charge in [0.15, 0.2) is 0 Å². The molecule has 2 N–H and O–H groups in total. The average Bonchev–Trinajstić information content (AvgIpc) is 2.98. The van der Waals surface area contributed by atoms with E-state index in [1.807, 2.05) is 6.92 Å². The Hall–Kier alpha value is -1.98. The zero-order valence-electron chi connectivity index (χ0n) is 14.6. The molecule has 0 amide bonds. The third-order valence-corrected chi connectivity index (χ3v) is 5.29. The topological polar surface area (TPSA) is 58.0 Å². The van der Waals surface area contributed by atoms with Gasteiger partial charge in [-0.2, -0.15) is 0 Å². The highest BCUT2D eigenvalue weighted by Crippen LogP contribution is 2.37. The molecule has 5 heteroatoms. The minimum atomic E-state index is -0.00463. The lowest BCUT2D eigenvalue weighted by Crippen LogP contribution is -2.23. The van der Waals surface area contributed by atoms with Gasteiger partial charge in [-0.25, -0.2) is 9.97 Å². The summed E-state index contributed by atoms with van der Waals surface area (Å²) in [5.41, 5.74) is 4.89. The van der Waals surface area contributed by atoms with E-state index in [1.54, 1.807) is 11.3 Å². The van der Waals surface area contributed by atoms with Crippen LogP contribution in [0.15, 0.2) is 23.6 Å². The molecule has 0 aliphatic heterocycles. The molecule has 1 aromatic carbocycles. The van der Waals surface area contributed by atoms with Crippen LogP contribution in [0.4, 0.5) is 5.82 Å². The molecule has 0 aliphatic rings. The molecule has 0 saturated carbocycles. The van der Waals surface area contributed by atoms with Gasteiger partial charge in [0.1, 0.15) is 16.5 Å². The lowest BCUT2D eigenvalue weighted by Gasteiger charge is -2.16. The van der Waals surface area contributed by atoms with E-state index in [1.165, 1.54) is 16.7 Å². The molecular formula is C19H23N3OS. The molecule has 3 aromatic rings. The normalized spacial score (nSPS) is 12.5. The highest BCUT2D eigenvalue weighted by Gasteiger charge is 2.16. The van der Waals surface area contributed by atoms with Crippen molar-refractivity contribution in [2.75, 3.05) is 11.9 Å². The molecule has 126 valence electrons. The molecule has 0 spiro atoms. The summed E-state index contributed by atoms with van der Waals surface area (Å²) in [6, 6.07) is 6.51. The standard InChI is InChI=1S/C19H23N3OS/c1-5-15(9-23)22-18-17-16(10-24-19(17)21-13(4)20-18)14-7-6-11(2)12(3)8-14/h6-8,10,15,23H,5,9H2,1-4H3,(H,20,21,22). The van der Waals surface area contributed by atoms with Crippen LogP contribution in [0, 0.1) is 20.8 Å². The monoisotopic (exact) mass is 341 g/mol. The van der Waals surface area contributed by atoms with Crippen LogP contribution >= 0.6 is 11.3 Å². The van der Waals surface area contributed by atoms with Crippen molar-refractivity contribution in [1.82, 2.24) is 9.97 Å². The molecule has 1 atom stereocenters.